The van der Waals surface area contributed by atoms with Crippen LogP contribution in [-0.4, -0.2) is 60.6 Å². The van der Waals surface area contributed by atoms with E-state index in [-0.39, 0.29) is 22.7 Å². The highest BCUT2D eigenvalue weighted by Gasteiger charge is 2.48. The number of benzene rings is 1. The average molecular weight is 421 g/mol. The number of ether oxygens (including phenoxy) is 1. The van der Waals surface area contributed by atoms with Crippen LogP contribution in [0.1, 0.15) is 63.9 Å². The van der Waals surface area contributed by atoms with Gasteiger partial charge in [0.2, 0.25) is 15.9 Å². The van der Waals surface area contributed by atoms with E-state index in [9.17, 15) is 13.2 Å². The van der Waals surface area contributed by atoms with Gasteiger partial charge in [-0.25, -0.2) is 12.7 Å². The molecule has 1 saturated heterocycles. The minimum Gasteiger partial charge on any atom is -0.487 e. The van der Waals surface area contributed by atoms with Crippen LogP contribution in [0.15, 0.2) is 24.3 Å². The Morgan fingerprint density at radius 3 is 2.45 bits per heavy atom. The quantitative estimate of drug-likeness (QED) is 0.709. The zero-order chi connectivity index (χ0) is 20.6. The number of fused-ring (bicyclic) bond motifs is 1. The fourth-order valence-corrected chi connectivity index (χ4v) is 6.72. The summed E-state index contributed by atoms with van der Waals surface area (Å²) in [6.45, 7) is 6.49. The van der Waals surface area contributed by atoms with Crippen molar-refractivity contribution in [3.63, 3.8) is 0 Å². The van der Waals surface area contributed by atoms with Gasteiger partial charge in [-0.05, 0) is 44.7 Å². The highest BCUT2D eigenvalue weighted by Crippen LogP contribution is 2.47. The Morgan fingerprint density at radius 2 is 1.83 bits per heavy atom. The predicted molar refractivity (Wildman–Crippen MR) is 112 cm³/mol. The summed E-state index contributed by atoms with van der Waals surface area (Å²) in [4.78, 5) is 14.7. The molecule has 1 aromatic rings. The van der Waals surface area contributed by atoms with Gasteiger partial charge in [-0.1, -0.05) is 18.2 Å². The molecule has 2 heterocycles. The van der Waals surface area contributed by atoms with E-state index in [1.54, 1.807) is 4.31 Å². The van der Waals surface area contributed by atoms with E-state index < -0.39 is 10.0 Å². The molecular weight excluding hydrogens is 388 g/mol. The third-order valence-electron chi connectivity index (χ3n) is 6.78. The van der Waals surface area contributed by atoms with Gasteiger partial charge < -0.3 is 9.64 Å². The Morgan fingerprint density at radius 1 is 1.17 bits per heavy atom. The monoisotopic (exact) mass is 420 g/mol. The molecular formula is C22H32N2O4S. The molecule has 1 atom stereocenters. The Labute approximate surface area is 174 Å². The number of sulfonamides is 1. The fourth-order valence-electron chi connectivity index (χ4n) is 4.87. The van der Waals surface area contributed by atoms with E-state index in [1.165, 1.54) is 0 Å². The molecule has 1 aromatic carbocycles. The molecule has 1 aliphatic carbocycles. The van der Waals surface area contributed by atoms with Crippen molar-refractivity contribution in [1.82, 2.24) is 9.21 Å². The van der Waals surface area contributed by atoms with Crippen LogP contribution >= 0.6 is 0 Å². The second kappa shape index (κ2) is 7.91. The molecule has 0 unspecified atom stereocenters. The molecule has 0 radical (unpaired) electrons. The summed E-state index contributed by atoms with van der Waals surface area (Å²) in [7, 11) is -3.14. The van der Waals surface area contributed by atoms with Gasteiger partial charge in [-0.3, -0.25) is 4.79 Å². The molecule has 6 nitrogen and oxygen atoms in total. The van der Waals surface area contributed by atoms with Gasteiger partial charge in [0.1, 0.15) is 11.4 Å². The molecule has 4 rings (SSSR count). The summed E-state index contributed by atoms with van der Waals surface area (Å²) in [6, 6.07) is 8.02. The van der Waals surface area contributed by atoms with Crippen LogP contribution in [0, 0.1) is 0 Å². The van der Waals surface area contributed by atoms with E-state index in [4.69, 9.17) is 4.74 Å². The molecule has 0 aromatic heterocycles. The normalized spacial score (nSPS) is 24.0. The van der Waals surface area contributed by atoms with Crippen molar-refractivity contribution >= 4 is 15.9 Å². The first kappa shape index (κ1) is 20.7. The first-order valence-corrected chi connectivity index (χ1v) is 12.4. The second-order valence-electron chi connectivity index (χ2n) is 8.64. The Kier molecular flexibility index (Phi) is 5.64. The van der Waals surface area contributed by atoms with Crippen LogP contribution in [-0.2, 0) is 14.8 Å². The number of amides is 1. The van der Waals surface area contributed by atoms with E-state index >= 15 is 0 Å². The number of carbonyl (C=O) groups excluding carboxylic acids is 1. The molecule has 29 heavy (non-hydrogen) atoms. The van der Waals surface area contributed by atoms with Crippen molar-refractivity contribution in [1.29, 1.82) is 0 Å². The summed E-state index contributed by atoms with van der Waals surface area (Å²) in [5, 5.41) is -0.163. The molecule has 0 bridgehead atoms. The smallest absolute Gasteiger partial charge is 0.223 e. The lowest BCUT2D eigenvalue weighted by Gasteiger charge is -2.46. The maximum Gasteiger partial charge on any atom is 0.223 e. The van der Waals surface area contributed by atoms with Crippen LogP contribution < -0.4 is 4.74 Å². The van der Waals surface area contributed by atoms with E-state index in [1.807, 2.05) is 36.9 Å². The molecule has 0 N–H and O–H groups in total. The summed E-state index contributed by atoms with van der Waals surface area (Å²) in [6.07, 6.45) is 4.21. The van der Waals surface area contributed by atoms with Crippen LogP contribution in [0.4, 0.5) is 0 Å². The maximum atomic E-state index is 12.8. The minimum atomic E-state index is -3.14. The van der Waals surface area contributed by atoms with Gasteiger partial charge >= 0.3 is 0 Å². The topological polar surface area (TPSA) is 66.9 Å². The van der Waals surface area contributed by atoms with Gasteiger partial charge in [0, 0.05) is 51.4 Å². The van der Waals surface area contributed by atoms with Crippen LogP contribution in [0.5, 0.6) is 5.75 Å². The number of para-hydroxylation sites is 1. The Balaban J connectivity index is 1.52. The van der Waals surface area contributed by atoms with Crippen molar-refractivity contribution in [2.45, 2.75) is 69.1 Å². The second-order valence-corrected chi connectivity index (χ2v) is 10.9. The Bertz CT molecular complexity index is 853. The highest BCUT2D eigenvalue weighted by molar-refractivity contribution is 7.90. The average Bonchev–Trinajstić information content (AvgIpc) is 3.55. The molecule has 7 heteroatoms. The molecule has 2 aliphatic heterocycles. The zero-order valence-corrected chi connectivity index (χ0v) is 18.3. The maximum absolute atomic E-state index is 12.8. The Hall–Kier alpha value is -1.60. The number of piperidine rings is 1. The molecule has 3 aliphatic rings. The summed E-state index contributed by atoms with van der Waals surface area (Å²) < 4.78 is 33.3. The fraction of sp³-hybridized carbons (Fsp3) is 0.682. The molecule has 1 spiro atoms. The standard InChI is InChI=1S/C22H32N2O4S/c1-3-23(4-2)21(25)15-17-16-22(28-20-8-6-5-7-19(17)20)11-13-24(14-12-22)29(26,27)18-9-10-18/h5-8,17-18H,3-4,9-16H2,1-2H3/t17-/m0/s1. The molecule has 1 saturated carbocycles. The van der Waals surface area contributed by atoms with Gasteiger partial charge in [-0.2, -0.15) is 0 Å². The minimum absolute atomic E-state index is 0.111. The van der Waals surface area contributed by atoms with E-state index in [0.717, 1.165) is 43.7 Å². The molecule has 160 valence electrons. The van der Waals surface area contributed by atoms with Crippen LogP contribution in [0.3, 0.4) is 0 Å². The highest BCUT2D eigenvalue weighted by atomic mass is 32.2. The largest absolute Gasteiger partial charge is 0.487 e. The molecule has 2 fully saturated rings. The van der Waals surface area contributed by atoms with Gasteiger partial charge in [0.15, 0.2) is 0 Å². The number of rotatable bonds is 6. The number of hydrogen-bond donors (Lipinski definition) is 0. The van der Waals surface area contributed by atoms with Crippen LogP contribution in [0.2, 0.25) is 0 Å². The lowest BCUT2D eigenvalue weighted by atomic mass is 9.76. The van der Waals surface area contributed by atoms with Gasteiger partial charge in [0.25, 0.3) is 0 Å². The van der Waals surface area contributed by atoms with Crippen molar-refractivity contribution in [2.24, 2.45) is 0 Å². The third kappa shape index (κ3) is 4.04. The summed E-state index contributed by atoms with van der Waals surface area (Å²) >= 11 is 0. The van der Waals surface area contributed by atoms with Crippen LogP contribution in [0.25, 0.3) is 0 Å². The molecule has 1 amide bonds. The first-order valence-electron chi connectivity index (χ1n) is 10.9. The van der Waals surface area contributed by atoms with Crippen molar-refractivity contribution in [3.8, 4) is 5.75 Å². The van der Waals surface area contributed by atoms with Gasteiger partial charge in [0.05, 0.1) is 5.25 Å². The lowest BCUT2D eigenvalue weighted by molar-refractivity contribution is -0.131. The van der Waals surface area contributed by atoms with Gasteiger partial charge in [-0.15, -0.1) is 0 Å². The zero-order valence-electron chi connectivity index (χ0n) is 17.5. The number of hydrogen-bond acceptors (Lipinski definition) is 4. The number of nitrogens with zero attached hydrogens (tertiary/aromatic N) is 2. The summed E-state index contributed by atoms with van der Waals surface area (Å²) in [5.41, 5.74) is 0.727. The SMILES string of the molecule is CCN(CC)C(=O)C[C@H]1CC2(CCN(S(=O)(=O)C3CC3)CC2)Oc2ccccc21. The van der Waals surface area contributed by atoms with E-state index in [0.29, 0.717) is 32.4 Å². The van der Waals surface area contributed by atoms with Crippen molar-refractivity contribution in [2.75, 3.05) is 26.2 Å². The predicted octanol–water partition coefficient (Wildman–Crippen LogP) is 3.14. The summed E-state index contributed by atoms with van der Waals surface area (Å²) in [5.74, 6) is 1.15. The number of carbonyl (C=O) groups is 1. The lowest BCUT2D eigenvalue weighted by Crippen LogP contribution is -2.52. The third-order valence-corrected chi connectivity index (χ3v) is 9.18. The van der Waals surface area contributed by atoms with Crippen molar-refractivity contribution in [3.05, 3.63) is 29.8 Å². The van der Waals surface area contributed by atoms with E-state index in [2.05, 4.69) is 6.07 Å². The van der Waals surface area contributed by atoms with Crippen molar-refractivity contribution < 1.29 is 17.9 Å². The first-order chi connectivity index (χ1) is 13.9.